The summed E-state index contributed by atoms with van der Waals surface area (Å²) >= 11 is 0. The first-order valence-corrected chi connectivity index (χ1v) is 14.9. The van der Waals surface area contributed by atoms with E-state index in [1.165, 1.54) is 0 Å². The Labute approximate surface area is 265 Å². The normalized spacial score (nSPS) is 11.2. The second kappa shape index (κ2) is 10.6. The molecule has 0 N–H and O–H groups in total. The van der Waals surface area contributed by atoms with E-state index < -0.39 is 0 Å². The highest BCUT2D eigenvalue weighted by atomic mass is 16.5. The summed E-state index contributed by atoms with van der Waals surface area (Å²) in [5, 5.41) is 25.0. The second-order valence-electron chi connectivity index (χ2n) is 11.2. The van der Waals surface area contributed by atoms with E-state index in [0.717, 1.165) is 66.5 Å². The van der Waals surface area contributed by atoms with E-state index in [1.54, 1.807) is 14.2 Å². The number of hydrogen-bond donors (Lipinski definition) is 0. The molecule has 0 amide bonds. The van der Waals surface area contributed by atoms with Crippen LogP contribution in [0.2, 0.25) is 0 Å². The molecular formula is C40H26N4O2. The summed E-state index contributed by atoms with van der Waals surface area (Å²) in [4.78, 5) is 0. The van der Waals surface area contributed by atoms with Gasteiger partial charge in [-0.05, 0) is 72.8 Å². The van der Waals surface area contributed by atoms with Crippen LogP contribution < -0.4 is 9.47 Å². The summed E-state index contributed by atoms with van der Waals surface area (Å²) in [6, 6.07) is 45.1. The number of nitrogens with zero attached hydrogens (tertiary/aromatic N) is 4. The molecule has 0 bridgehead atoms. The number of benzene rings is 6. The third kappa shape index (κ3) is 4.02. The fraction of sp³-hybridized carbons (Fsp3) is 0.0500. The molecule has 2 heterocycles. The van der Waals surface area contributed by atoms with Crippen LogP contribution >= 0.6 is 0 Å². The van der Waals surface area contributed by atoms with E-state index in [0.29, 0.717) is 22.3 Å². The van der Waals surface area contributed by atoms with Crippen molar-refractivity contribution >= 4 is 43.6 Å². The number of nitriles is 2. The molecule has 6 aromatic carbocycles. The molecular weight excluding hydrogens is 568 g/mol. The number of aromatic nitrogens is 2. The molecule has 0 radical (unpaired) electrons. The SMILES string of the molecule is COc1ccc2c3ccccc3n(-c3ccc(C#N)c(-c4cc(-n5c6ccccc6c6ccc(OC)cc65)ccc4C#N)c3)c2c1. The van der Waals surface area contributed by atoms with Gasteiger partial charge in [-0.3, -0.25) is 0 Å². The lowest BCUT2D eigenvalue weighted by molar-refractivity contribution is 0.415. The zero-order valence-electron chi connectivity index (χ0n) is 25.2. The van der Waals surface area contributed by atoms with Crippen LogP contribution in [0.5, 0.6) is 11.5 Å². The van der Waals surface area contributed by atoms with Crippen molar-refractivity contribution in [3.8, 4) is 46.1 Å². The van der Waals surface area contributed by atoms with Gasteiger partial charge in [0.15, 0.2) is 0 Å². The minimum absolute atomic E-state index is 0.486. The van der Waals surface area contributed by atoms with Crippen LogP contribution in [-0.2, 0) is 0 Å². The molecule has 0 fully saturated rings. The van der Waals surface area contributed by atoms with Crippen LogP contribution in [-0.4, -0.2) is 23.4 Å². The van der Waals surface area contributed by atoms with Gasteiger partial charge in [-0.1, -0.05) is 36.4 Å². The maximum atomic E-state index is 10.3. The molecule has 218 valence electrons. The van der Waals surface area contributed by atoms with Crippen molar-refractivity contribution in [3.63, 3.8) is 0 Å². The quantitative estimate of drug-likeness (QED) is 0.199. The minimum atomic E-state index is 0.486. The zero-order valence-corrected chi connectivity index (χ0v) is 25.2. The first-order valence-electron chi connectivity index (χ1n) is 14.9. The smallest absolute Gasteiger partial charge is 0.120 e. The molecule has 0 aliphatic rings. The minimum Gasteiger partial charge on any atom is -0.497 e. The topological polar surface area (TPSA) is 75.9 Å². The average Bonchev–Trinajstić information content (AvgIpc) is 3.63. The largest absolute Gasteiger partial charge is 0.497 e. The maximum absolute atomic E-state index is 10.3. The third-order valence-electron chi connectivity index (χ3n) is 8.82. The van der Waals surface area contributed by atoms with Crippen molar-refractivity contribution in [1.82, 2.24) is 9.13 Å². The molecule has 0 spiro atoms. The monoisotopic (exact) mass is 594 g/mol. The Morgan fingerprint density at radius 1 is 0.457 bits per heavy atom. The lowest BCUT2D eigenvalue weighted by Gasteiger charge is -2.15. The number of rotatable bonds is 5. The highest BCUT2D eigenvalue weighted by molar-refractivity contribution is 6.10. The highest BCUT2D eigenvalue weighted by Crippen LogP contribution is 2.39. The third-order valence-corrected chi connectivity index (χ3v) is 8.82. The van der Waals surface area contributed by atoms with Gasteiger partial charge in [0, 0.05) is 56.2 Å². The van der Waals surface area contributed by atoms with Crippen molar-refractivity contribution in [1.29, 1.82) is 10.5 Å². The fourth-order valence-electron chi connectivity index (χ4n) is 6.69. The molecule has 6 heteroatoms. The lowest BCUT2D eigenvalue weighted by Crippen LogP contribution is -1.99. The maximum Gasteiger partial charge on any atom is 0.120 e. The van der Waals surface area contributed by atoms with Crippen LogP contribution in [0.4, 0.5) is 0 Å². The van der Waals surface area contributed by atoms with E-state index in [4.69, 9.17) is 9.47 Å². The van der Waals surface area contributed by atoms with E-state index in [-0.39, 0.29) is 0 Å². The fourth-order valence-corrected chi connectivity index (χ4v) is 6.69. The number of para-hydroxylation sites is 2. The Balaban J connectivity index is 1.40. The molecule has 2 aromatic heterocycles. The van der Waals surface area contributed by atoms with Gasteiger partial charge >= 0.3 is 0 Å². The van der Waals surface area contributed by atoms with Crippen LogP contribution in [0, 0.1) is 22.7 Å². The predicted octanol–water partition coefficient (Wildman–Crippen LogP) is 9.31. The summed E-state index contributed by atoms with van der Waals surface area (Å²) in [5.74, 6) is 1.51. The molecule has 0 aliphatic carbocycles. The van der Waals surface area contributed by atoms with Gasteiger partial charge in [0.05, 0.1) is 59.6 Å². The van der Waals surface area contributed by atoms with Crippen molar-refractivity contribution < 1.29 is 9.47 Å². The van der Waals surface area contributed by atoms with Crippen molar-refractivity contribution in [2.45, 2.75) is 0 Å². The van der Waals surface area contributed by atoms with E-state index >= 15 is 0 Å². The Kier molecular flexibility index (Phi) is 6.23. The lowest BCUT2D eigenvalue weighted by atomic mass is 9.95. The Hall–Kier alpha value is -6.50. The summed E-state index contributed by atoms with van der Waals surface area (Å²) in [6.45, 7) is 0. The summed E-state index contributed by atoms with van der Waals surface area (Å²) in [5.41, 5.74) is 8.16. The van der Waals surface area contributed by atoms with Crippen LogP contribution in [0.1, 0.15) is 11.1 Å². The molecule has 0 saturated heterocycles. The number of fused-ring (bicyclic) bond motifs is 6. The van der Waals surface area contributed by atoms with Gasteiger partial charge in [0.1, 0.15) is 11.5 Å². The van der Waals surface area contributed by atoms with E-state index in [9.17, 15) is 10.5 Å². The second-order valence-corrected chi connectivity index (χ2v) is 11.2. The standard InChI is InChI=1S/C40H26N4O2/c1-45-29-15-17-33-31-7-3-5-9-37(31)43(39(33)21-29)27-13-11-25(23-41)35(19-27)36-20-28(14-12-26(36)24-42)44-38-10-6-4-8-32(38)34-18-16-30(46-2)22-40(34)44/h3-22H,1-2H3. The Bertz CT molecular complexity index is 2410. The number of ether oxygens (including phenoxy) is 2. The van der Waals surface area contributed by atoms with E-state index in [1.807, 2.05) is 84.9 Å². The number of methoxy groups -OCH3 is 2. The molecule has 6 nitrogen and oxygen atoms in total. The Morgan fingerprint density at radius 2 is 0.870 bits per heavy atom. The molecule has 0 atom stereocenters. The Morgan fingerprint density at radius 3 is 1.28 bits per heavy atom. The van der Waals surface area contributed by atoms with Gasteiger partial charge in [-0.15, -0.1) is 0 Å². The van der Waals surface area contributed by atoms with Crippen molar-refractivity contribution in [3.05, 3.63) is 132 Å². The van der Waals surface area contributed by atoms with Crippen molar-refractivity contribution in [2.75, 3.05) is 14.2 Å². The number of hydrogen-bond acceptors (Lipinski definition) is 4. The van der Waals surface area contributed by atoms with Gasteiger partial charge < -0.3 is 18.6 Å². The molecule has 8 rings (SSSR count). The average molecular weight is 595 g/mol. The van der Waals surface area contributed by atoms with Gasteiger partial charge in [0.2, 0.25) is 0 Å². The van der Waals surface area contributed by atoms with E-state index in [2.05, 4.69) is 57.7 Å². The molecule has 46 heavy (non-hydrogen) atoms. The highest BCUT2D eigenvalue weighted by Gasteiger charge is 2.19. The van der Waals surface area contributed by atoms with Gasteiger partial charge in [-0.2, -0.15) is 10.5 Å². The first kappa shape index (κ1) is 27.1. The first-order chi connectivity index (χ1) is 22.6. The summed E-state index contributed by atoms with van der Waals surface area (Å²) in [7, 11) is 3.33. The molecule has 8 aromatic rings. The van der Waals surface area contributed by atoms with Crippen molar-refractivity contribution in [2.24, 2.45) is 0 Å². The van der Waals surface area contributed by atoms with Gasteiger partial charge in [-0.25, -0.2) is 0 Å². The van der Waals surface area contributed by atoms with Crippen LogP contribution in [0.3, 0.4) is 0 Å². The zero-order chi connectivity index (χ0) is 31.4. The summed E-state index contributed by atoms with van der Waals surface area (Å²) < 4.78 is 15.6. The predicted molar refractivity (Wildman–Crippen MR) is 183 cm³/mol. The van der Waals surface area contributed by atoms with Gasteiger partial charge in [0.25, 0.3) is 0 Å². The van der Waals surface area contributed by atoms with Crippen LogP contribution in [0.15, 0.2) is 121 Å². The molecule has 0 aliphatic heterocycles. The molecule has 0 unspecified atom stereocenters. The summed E-state index contributed by atoms with van der Waals surface area (Å²) in [6.07, 6.45) is 0. The molecule has 0 saturated carbocycles. The van der Waals surface area contributed by atoms with Crippen LogP contribution in [0.25, 0.3) is 66.1 Å².